The summed E-state index contributed by atoms with van der Waals surface area (Å²) in [6, 6.07) is 8.17. The van der Waals surface area contributed by atoms with Crippen LogP contribution in [-0.2, 0) is 9.47 Å². The molecule has 1 saturated heterocycles. The molecule has 5 heteroatoms. The molecule has 0 atom stereocenters. The Kier molecular flexibility index (Phi) is 5.45. The summed E-state index contributed by atoms with van der Waals surface area (Å²) in [5.74, 6) is 0.419. The summed E-state index contributed by atoms with van der Waals surface area (Å²) in [5.41, 5.74) is 1.05. The molecule has 0 radical (unpaired) electrons. The summed E-state index contributed by atoms with van der Waals surface area (Å²) < 4.78 is 16.9. The van der Waals surface area contributed by atoms with Crippen LogP contribution in [0, 0.1) is 0 Å². The topological polar surface area (TPSA) is 43.0 Å². The van der Waals surface area contributed by atoms with E-state index in [1.54, 1.807) is 0 Å². The molecule has 0 aromatic heterocycles. The van der Waals surface area contributed by atoms with Crippen LogP contribution in [0.4, 0.5) is 5.69 Å². The number of benzene rings is 1. The molecule has 1 aromatic carbocycles. The third kappa shape index (κ3) is 5.53. The minimum atomic E-state index is -0.470. The zero-order valence-corrected chi connectivity index (χ0v) is 13.4. The van der Waals surface area contributed by atoms with E-state index in [-0.39, 0.29) is 6.04 Å². The molecule has 0 spiro atoms. The highest BCUT2D eigenvalue weighted by Gasteiger charge is 2.28. The predicted molar refractivity (Wildman–Crippen MR) is 83.9 cm³/mol. The Morgan fingerprint density at radius 3 is 2.38 bits per heavy atom. The maximum Gasteiger partial charge on any atom is 0.162 e. The fourth-order valence-electron chi connectivity index (χ4n) is 2.00. The maximum absolute atomic E-state index is 5.67. The summed E-state index contributed by atoms with van der Waals surface area (Å²) >= 11 is 0. The monoisotopic (exact) mass is 294 g/mol. The maximum atomic E-state index is 5.67. The van der Waals surface area contributed by atoms with E-state index in [4.69, 9.17) is 14.2 Å². The standard InChI is InChI=1S/C16H26N2O3/c1-16(2)20-11-14(12-21-16)17-13-5-7-15(8-6-13)19-10-9-18(3)4/h5-8,14,17H,9-12H2,1-4H3. The lowest BCUT2D eigenvalue weighted by Crippen LogP contribution is -2.45. The van der Waals surface area contributed by atoms with Crippen molar-refractivity contribution in [3.63, 3.8) is 0 Å². The number of rotatable bonds is 6. The summed E-state index contributed by atoms with van der Waals surface area (Å²) in [6.07, 6.45) is 0. The smallest absolute Gasteiger partial charge is 0.162 e. The van der Waals surface area contributed by atoms with Gasteiger partial charge in [-0.2, -0.15) is 0 Å². The Hall–Kier alpha value is -1.30. The zero-order valence-electron chi connectivity index (χ0n) is 13.4. The first-order valence-corrected chi connectivity index (χ1v) is 7.37. The second kappa shape index (κ2) is 7.11. The van der Waals surface area contributed by atoms with Gasteiger partial charge in [-0.25, -0.2) is 0 Å². The molecule has 1 fully saturated rings. The number of nitrogens with zero attached hydrogens (tertiary/aromatic N) is 1. The molecule has 0 saturated carbocycles. The van der Waals surface area contributed by atoms with Crippen LogP contribution >= 0.6 is 0 Å². The Morgan fingerprint density at radius 2 is 1.81 bits per heavy atom. The first-order chi connectivity index (χ1) is 9.94. The highest BCUT2D eigenvalue weighted by atomic mass is 16.7. The van der Waals surface area contributed by atoms with Gasteiger partial charge in [0.1, 0.15) is 12.4 Å². The lowest BCUT2D eigenvalue weighted by Gasteiger charge is -2.35. The van der Waals surface area contributed by atoms with Crippen LogP contribution in [0.25, 0.3) is 0 Å². The highest BCUT2D eigenvalue weighted by Crippen LogP contribution is 2.21. The van der Waals surface area contributed by atoms with Crippen LogP contribution in [0.15, 0.2) is 24.3 Å². The molecule has 0 aliphatic carbocycles. The number of ether oxygens (including phenoxy) is 3. The molecule has 1 aliphatic heterocycles. The van der Waals surface area contributed by atoms with Gasteiger partial charge in [-0.3, -0.25) is 0 Å². The SMILES string of the molecule is CN(C)CCOc1ccc(NC2COC(C)(C)OC2)cc1. The van der Waals surface area contributed by atoms with Gasteiger partial charge < -0.3 is 24.4 Å². The molecule has 21 heavy (non-hydrogen) atoms. The van der Waals surface area contributed by atoms with Crippen LogP contribution in [0.2, 0.25) is 0 Å². The van der Waals surface area contributed by atoms with Gasteiger partial charge in [-0.1, -0.05) is 0 Å². The van der Waals surface area contributed by atoms with Crippen molar-refractivity contribution in [2.75, 3.05) is 45.8 Å². The molecule has 1 aliphatic rings. The molecule has 1 N–H and O–H groups in total. The van der Waals surface area contributed by atoms with Crippen molar-refractivity contribution in [2.45, 2.75) is 25.7 Å². The Bertz CT molecular complexity index is 422. The summed E-state index contributed by atoms with van der Waals surface area (Å²) in [6.45, 7) is 6.76. The summed E-state index contributed by atoms with van der Waals surface area (Å²) in [5, 5.41) is 3.41. The lowest BCUT2D eigenvalue weighted by molar-refractivity contribution is -0.247. The van der Waals surface area contributed by atoms with E-state index in [1.807, 2.05) is 52.2 Å². The first-order valence-electron chi connectivity index (χ1n) is 7.37. The Balaban J connectivity index is 1.77. The van der Waals surface area contributed by atoms with Gasteiger partial charge in [0.15, 0.2) is 5.79 Å². The second-order valence-corrected chi connectivity index (χ2v) is 6.04. The van der Waals surface area contributed by atoms with Gasteiger partial charge in [-0.15, -0.1) is 0 Å². The van der Waals surface area contributed by atoms with Crippen LogP contribution in [0.1, 0.15) is 13.8 Å². The van der Waals surface area contributed by atoms with E-state index in [2.05, 4.69) is 10.2 Å². The average Bonchev–Trinajstić information content (AvgIpc) is 2.43. The minimum absolute atomic E-state index is 0.179. The Morgan fingerprint density at radius 1 is 1.19 bits per heavy atom. The molecule has 2 rings (SSSR count). The van der Waals surface area contributed by atoms with Crippen LogP contribution in [0.5, 0.6) is 5.75 Å². The molecule has 0 bridgehead atoms. The van der Waals surface area contributed by atoms with Gasteiger partial charge in [0, 0.05) is 12.2 Å². The lowest BCUT2D eigenvalue weighted by atomic mass is 10.2. The quantitative estimate of drug-likeness (QED) is 0.871. The highest BCUT2D eigenvalue weighted by molar-refractivity contribution is 5.47. The molecular formula is C16H26N2O3. The summed E-state index contributed by atoms with van der Waals surface area (Å²) in [4.78, 5) is 2.10. The summed E-state index contributed by atoms with van der Waals surface area (Å²) in [7, 11) is 4.07. The van der Waals surface area contributed by atoms with Crippen molar-refractivity contribution >= 4 is 5.69 Å². The van der Waals surface area contributed by atoms with E-state index in [1.165, 1.54) is 0 Å². The van der Waals surface area contributed by atoms with E-state index in [0.717, 1.165) is 18.0 Å². The third-order valence-electron chi connectivity index (χ3n) is 3.30. The van der Waals surface area contributed by atoms with Gasteiger partial charge in [0.25, 0.3) is 0 Å². The van der Waals surface area contributed by atoms with Crippen LogP contribution in [-0.4, -0.2) is 57.2 Å². The van der Waals surface area contributed by atoms with Crippen molar-refractivity contribution in [2.24, 2.45) is 0 Å². The average molecular weight is 294 g/mol. The van der Waals surface area contributed by atoms with E-state index in [9.17, 15) is 0 Å². The fourth-order valence-corrected chi connectivity index (χ4v) is 2.00. The normalized spacial score (nSPS) is 18.7. The zero-order chi connectivity index (χ0) is 15.3. The minimum Gasteiger partial charge on any atom is -0.492 e. The molecule has 1 aromatic rings. The number of anilines is 1. The van der Waals surface area contributed by atoms with Gasteiger partial charge in [0.2, 0.25) is 0 Å². The van der Waals surface area contributed by atoms with Gasteiger partial charge in [-0.05, 0) is 52.2 Å². The number of nitrogens with one attached hydrogen (secondary N) is 1. The van der Waals surface area contributed by atoms with Crippen LogP contribution < -0.4 is 10.1 Å². The van der Waals surface area contributed by atoms with Crippen molar-refractivity contribution in [1.82, 2.24) is 4.90 Å². The Labute approximate surface area is 127 Å². The third-order valence-corrected chi connectivity index (χ3v) is 3.30. The largest absolute Gasteiger partial charge is 0.492 e. The molecular weight excluding hydrogens is 268 g/mol. The van der Waals surface area contributed by atoms with E-state index >= 15 is 0 Å². The number of hydrogen-bond acceptors (Lipinski definition) is 5. The first kappa shape index (κ1) is 16.1. The number of likely N-dealkylation sites (N-methyl/N-ethyl adjacent to an activating group) is 1. The molecule has 1 heterocycles. The molecule has 0 amide bonds. The van der Waals surface area contributed by atoms with Crippen molar-refractivity contribution in [1.29, 1.82) is 0 Å². The van der Waals surface area contributed by atoms with Crippen LogP contribution in [0.3, 0.4) is 0 Å². The predicted octanol–water partition coefficient (Wildman–Crippen LogP) is 2.19. The fraction of sp³-hybridized carbons (Fsp3) is 0.625. The van der Waals surface area contributed by atoms with Gasteiger partial charge >= 0.3 is 0 Å². The number of hydrogen-bond donors (Lipinski definition) is 1. The van der Waals surface area contributed by atoms with Crippen molar-refractivity contribution in [3.05, 3.63) is 24.3 Å². The molecule has 118 valence electrons. The second-order valence-electron chi connectivity index (χ2n) is 6.04. The molecule has 0 unspecified atom stereocenters. The molecule has 5 nitrogen and oxygen atoms in total. The van der Waals surface area contributed by atoms with E-state index in [0.29, 0.717) is 19.8 Å². The van der Waals surface area contributed by atoms with Crippen molar-refractivity contribution < 1.29 is 14.2 Å². The van der Waals surface area contributed by atoms with E-state index < -0.39 is 5.79 Å². The van der Waals surface area contributed by atoms with Crippen molar-refractivity contribution in [3.8, 4) is 5.75 Å². The van der Waals surface area contributed by atoms with Gasteiger partial charge in [0.05, 0.1) is 19.3 Å².